The second-order valence-corrected chi connectivity index (χ2v) is 8.04. The van der Waals surface area contributed by atoms with E-state index in [0.717, 1.165) is 17.7 Å². The van der Waals surface area contributed by atoms with Gasteiger partial charge in [-0.1, -0.05) is 54.6 Å². The number of hydrogen-bond acceptors (Lipinski definition) is 3. The number of amides is 1. The molecule has 0 unspecified atom stereocenters. The Labute approximate surface area is 198 Å². The number of aryl methyl sites for hydroxylation is 1. The van der Waals surface area contributed by atoms with Gasteiger partial charge in [0.05, 0.1) is 6.21 Å². The van der Waals surface area contributed by atoms with Crippen molar-refractivity contribution >= 4 is 33.9 Å². The number of benzene rings is 4. The summed E-state index contributed by atoms with van der Waals surface area (Å²) in [5.41, 5.74) is 7.57. The van der Waals surface area contributed by atoms with E-state index in [0.29, 0.717) is 17.9 Å². The first-order valence-electron chi connectivity index (χ1n) is 11.3. The Balaban J connectivity index is 1.25. The van der Waals surface area contributed by atoms with E-state index in [1.54, 1.807) is 30.5 Å². The number of carbonyl (C=O) groups excluding carboxylic acids is 1. The Bertz CT molecular complexity index is 1470. The molecule has 0 aliphatic rings. The number of ether oxygens (including phenoxy) is 1. The van der Waals surface area contributed by atoms with Crippen LogP contribution >= 0.6 is 0 Å². The van der Waals surface area contributed by atoms with Crippen molar-refractivity contribution in [3.63, 3.8) is 0 Å². The van der Waals surface area contributed by atoms with Crippen LogP contribution in [0, 0.1) is 0 Å². The summed E-state index contributed by atoms with van der Waals surface area (Å²) < 4.78 is 8.08. The van der Waals surface area contributed by atoms with E-state index < -0.39 is 0 Å². The minimum atomic E-state index is -0.269. The zero-order valence-electron chi connectivity index (χ0n) is 18.9. The summed E-state index contributed by atoms with van der Waals surface area (Å²) in [5, 5.41) is 6.56. The summed E-state index contributed by atoms with van der Waals surface area (Å²) in [4.78, 5) is 12.5. The SMILES string of the molecule is CCn1c2ccccc2c2cc(C=NNC(=O)c3ccc(OCc4ccccc4)cc3)ccc21. The van der Waals surface area contributed by atoms with Gasteiger partial charge in [0, 0.05) is 33.9 Å². The van der Waals surface area contributed by atoms with Crippen molar-refractivity contribution in [3.8, 4) is 5.75 Å². The first kappa shape index (κ1) is 21.5. The first-order chi connectivity index (χ1) is 16.7. The van der Waals surface area contributed by atoms with E-state index in [1.807, 2.05) is 36.4 Å². The van der Waals surface area contributed by atoms with Crippen LogP contribution in [0.1, 0.15) is 28.4 Å². The van der Waals surface area contributed by atoms with Crippen LogP contribution in [0.15, 0.2) is 102 Å². The molecule has 0 saturated carbocycles. The molecule has 1 heterocycles. The molecular weight excluding hydrogens is 422 g/mol. The summed E-state index contributed by atoms with van der Waals surface area (Å²) in [6, 6.07) is 31.6. The minimum Gasteiger partial charge on any atom is -0.489 e. The molecule has 0 fully saturated rings. The fourth-order valence-electron chi connectivity index (χ4n) is 4.17. The Hall–Kier alpha value is -4.38. The molecule has 0 spiro atoms. The van der Waals surface area contributed by atoms with Gasteiger partial charge >= 0.3 is 0 Å². The summed E-state index contributed by atoms with van der Waals surface area (Å²) in [7, 11) is 0. The molecule has 34 heavy (non-hydrogen) atoms. The predicted octanol–water partition coefficient (Wildman–Crippen LogP) is 6.16. The van der Waals surface area contributed by atoms with E-state index in [1.165, 1.54) is 21.8 Å². The van der Waals surface area contributed by atoms with Gasteiger partial charge in [-0.2, -0.15) is 5.10 Å². The van der Waals surface area contributed by atoms with Crippen LogP contribution < -0.4 is 10.2 Å². The van der Waals surface area contributed by atoms with Crippen LogP contribution in [0.25, 0.3) is 21.8 Å². The molecule has 0 bridgehead atoms. The maximum absolute atomic E-state index is 12.5. The Morgan fingerprint density at radius 3 is 2.41 bits per heavy atom. The van der Waals surface area contributed by atoms with Crippen molar-refractivity contribution in [1.82, 2.24) is 9.99 Å². The number of aromatic nitrogens is 1. The molecule has 4 aromatic carbocycles. The van der Waals surface area contributed by atoms with Gasteiger partial charge in [0.25, 0.3) is 5.91 Å². The number of hydrogen-bond donors (Lipinski definition) is 1. The van der Waals surface area contributed by atoms with Gasteiger partial charge in [0.2, 0.25) is 0 Å². The zero-order chi connectivity index (χ0) is 23.3. The largest absolute Gasteiger partial charge is 0.489 e. The molecule has 0 aliphatic carbocycles. The number of nitrogens with one attached hydrogen (secondary N) is 1. The monoisotopic (exact) mass is 447 g/mol. The molecular formula is C29H25N3O2. The Morgan fingerprint density at radius 1 is 0.882 bits per heavy atom. The standard InChI is InChI=1S/C29H25N3O2/c1-2-32-27-11-7-6-10-25(27)26-18-22(12-17-28(26)32)19-30-31-29(33)23-13-15-24(16-14-23)34-20-21-8-4-3-5-9-21/h3-19H,2,20H2,1H3,(H,31,33). The van der Waals surface area contributed by atoms with Crippen LogP contribution in [-0.2, 0) is 13.2 Å². The third kappa shape index (κ3) is 4.41. The molecule has 1 amide bonds. The van der Waals surface area contributed by atoms with E-state index in [9.17, 15) is 4.79 Å². The van der Waals surface area contributed by atoms with Gasteiger partial charge in [0.1, 0.15) is 12.4 Å². The lowest BCUT2D eigenvalue weighted by Gasteiger charge is -2.07. The maximum atomic E-state index is 12.5. The van der Waals surface area contributed by atoms with E-state index in [-0.39, 0.29) is 5.91 Å². The highest BCUT2D eigenvalue weighted by atomic mass is 16.5. The third-order valence-electron chi connectivity index (χ3n) is 5.86. The van der Waals surface area contributed by atoms with Crippen LogP contribution in [-0.4, -0.2) is 16.7 Å². The molecule has 5 heteroatoms. The molecule has 0 aliphatic heterocycles. The lowest BCUT2D eigenvalue weighted by molar-refractivity contribution is 0.0955. The number of hydrazone groups is 1. The van der Waals surface area contributed by atoms with Crippen LogP contribution in [0.2, 0.25) is 0 Å². The molecule has 0 saturated heterocycles. The lowest BCUT2D eigenvalue weighted by atomic mass is 10.1. The van der Waals surface area contributed by atoms with Crippen molar-refractivity contribution in [3.05, 3.63) is 114 Å². The van der Waals surface area contributed by atoms with E-state index >= 15 is 0 Å². The second-order valence-electron chi connectivity index (χ2n) is 8.04. The molecule has 0 atom stereocenters. The fraction of sp³-hybridized carbons (Fsp3) is 0.103. The van der Waals surface area contributed by atoms with Crippen molar-refractivity contribution in [1.29, 1.82) is 0 Å². The third-order valence-corrected chi connectivity index (χ3v) is 5.86. The lowest BCUT2D eigenvalue weighted by Crippen LogP contribution is -2.17. The average Bonchev–Trinajstić information content (AvgIpc) is 3.21. The highest BCUT2D eigenvalue weighted by molar-refractivity contribution is 6.09. The van der Waals surface area contributed by atoms with Gasteiger partial charge in [-0.05, 0) is 60.5 Å². The van der Waals surface area contributed by atoms with Gasteiger partial charge in [-0.3, -0.25) is 4.79 Å². The van der Waals surface area contributed by atoms with Gasteiger partial charge in [-0.25, -0.2) is 5.43 Å². The summed E-state index contributed by atoms with van der Waals surface area (Å²) >= 11 is 0. The molecule has 168 valence electrons. The number of nitrogens with zero attached hydrogens (tertiary/aromatic N) is 2. The highest BCUT2D eigenvalue weighted by Gasteiger charge is 2.09. The topological polar surface area (TPSA) is 55.6 Å². The van der Waals surface area contributed by atoms with Gasteiger partial charge in [0.15, 0.2) is 0 Å². The summed E-state index contributed by atoms with van der Waals surface area (Å²) in [6.45, 7) is 3.54. The normalized spacial score (nSPS) is 11.3. The minimum absolute atomic E-state index is 0.269. The number of rotatable bonds is 7. The first-order valence-corrected chi connectivity index (χ1v) is 11.3. The Kier molecular flexibility index (Phi) is 6.08. The van der Waals surface area contributed by atoms with Crippen LogP contribution in [0.3, 0.4) is 0 Å². The molecule has 5 aromatic rings. The van der Waals surface area contributed by atoms with Gasteiger partial charge < -0.3 is 9.30 Å². The van der Waals surface area contributed by atoms with Crippen molar-refractivity contribution < 1.29 is 9.53 Å². The second kappa shape index (κ2) is 9.63. The van der Waals surface area contributed by atoms with Crippen molar-refractivity contribution in [2.45, 2.75) is 20.1 Å². The zero-order valence-corrected chi connectivity index (χ0v) is 18.9. The number of fused-ring (bicyclic) bond motifs is 3. The van der Waals surface area contributed by atoms with Crippen molar-refractivity contribution in [2.24, 2.45) is 5.10 Å². The number of carbonyl (C=O) groups is 1. The predicted molar refractivity (Wildman–Crippen MR) is 137 cm³/mol. The molecule has 5 rings (SSSR count). The number of para-hydroxylation sites is 1. The van der Waals surface area contributed by atoms with Crippen molar-refractivity contribution in [2.75, 3.05) is 0 Å². The van der Waals surface area contributed by atoms with Crippen LogP contribution in [0.4, 0.5) is 0 Å². The Morgan fingerprint density at radius 2 is 1.62 bits per heavy atom. The average molecular weight is 448 g/mol. The smallest absolute Gasteiger partial charge is 0.271 e. The summed E-state index contributed by atoms with van der Waals surface area (Å²) in [6.07, 6.45) is 1.67. The fourth-order valence-corrected chi connectivity index (χ4v) is 4.17. The van der Waals surface area contributed by atoms with Crippen LogP contribution in [0.5, 0.6) is 5.75 Å². The molecule has 1 N–H and O–H groups in total. The summed E-state index contributed by atoms with van der Waals surface area (Å²) in [5.74, 6) is 0.443. The van der Waals surface area contributed by atoms with E-state index in [4.69, 9.17) is 4.74 Å². The maximum Gasteiger partial charge on any atom is 0.271 e. The van der Waals surface area contributed by atoms with E-state index in [2.05, 4.69) is 58.4 Å². The molecule has 0 radical (unpaired) electrons. The molecule has 5 nitrogen and oxygen atoms in total. The van der Waals surface area contributed by atoms with Gasteiger partial charge in [-0.15, -0.1) is 0 Å². The highest BCUT2D eigenvalue weighted by Crippen LogP contribution is 2.29. The molecule has 1 aromatic heterocycles. The quantitative estimate of drug-likeness (QED) is 0.240.